The maximum Gasteiger partial charge on any atom is 0.249 e. The number of aromatic nitrogens is 1. The van der Waals surface area contributed by atoms with E-state index in [1.54, 1.807) is 11.8 Å². The minimum atomic E-state index is -0.559. The number of aryl methyl sites for hydroxylation is 2. The van der Waals surface area contributed by atoms with Crippen LogP contribution in [0.4, 0.5) is 0 Å². The summed E-state index contributed by atoms with van der Waals surface area (Å²) in [6, 6.07) is 7.71. The predicted octanol–water partition coefficient (Wildman–Crippen LogP) is 2.01. The van der Waals surface area contributed by atoms with Crippen molar-refractivity contribution in [3.63, 3.8) is 0 Å². The van der Waals surface area contributed by atoms with Crippen molar-refractivity contribution in [1.29, 1.82) is 5.26 Å². The van der Waals surface area contributed by atoms with Crippen molar-refractivity contribution in [3.8, 4) is 6.07 Å². The minimum absolute atomic E-state index is 0.0440. The fourth-order valence-electron chi connectivity index (χ4n) is 4.21. The monoisotopic (exact) mass is 348 g/mol. The number of primary amides is 1. The van der Waals surface area contributed by atoms with E-state index in [0.717, 1.165) is 18.4 Å². The number of carbonyl (C=O) groups is 2. The number of fused-ring (bicyclic) bond motifs is 2. The number of nitrogens with two attached hydrogens (primary N) is 1. The number of likely N-dealkylation sites (tertiary alicyclic amines) is 1. The van der Waals surface area contributed by atoms with E-state index >= 15 is 0 Å². The molecule has 0 spiro atoms. The summed E-state index contributed by atoms with van der Waals surface area (Å²) in [7, 11) is 0. The fraction of sp³-hybridized carbons (Fsp3) is 0.400. The molecule has 2 fully saturated rings. The summed E-state index contributed by atoms with van der Waals surface area (Å²) in [6.07, 6.45) is 1.77. The van der Waals surface area contributed by atoms with Crippen molar-refractivity contribution in [2.45, 2.75) is 45.2 Å². The highest BCUT2D eigenvalue weighted by atomic mass is 16.2. The van der Waals surface area contributed by atoms with Gasteiger partial charge in [-0.2, -0.15) is 5.26 Å². The van der Waals surface area contributed by atoms with E-state index in [9.17, 15) is 14.9 Å². The molecule has 0 radical (unpaired) electrons. The summed E-state index contributed by atoms with van der Waals surface area (Å²) in [4.78, 5) is 31.4. The van der Waals surface area contributed by atoms with Gasteiger partial charge in [-0.1, -0.05) is 11.6 Å². The minimum Gasteiger partial charge on any atom is -0.366 e. The van der Waals surface area contributed by atoms with Gasteiger partial charge in [-0.3, -0.25) is 14.6 Å². The summed E-state index contributed by atoms with van der Waals surface area (Å²) >= 11 is 0. The van der Waals surface area contributed by atoms with E-state index in [1.165, 1.54) is 0 Å². The third-order valence-corrected chi connectivity index (χ3v) is 5.56. The van der Waals surface area contributed by atoms with Crippen molar-refractivity contribution in [2.75, 3.05) is 0 Å². The van der Waals surface area contributed by atoms with Gasteiger partial charge in [0.25, 0.3) is 0 Å². The molecule has 132 valence electrons. The second kappa shape index (κ2) is 5.80. The van der Waals surface area contributed by atoms with Gasteiger partial charge in [0.1, 0.15) is 6.04 Å². The molecule has 26 heavy (non-hydrogen) atoms. The van der Waals surface area contributed by atoms with Crippen LogP contribution < -0.4 is 5.73 Å². The molecule has 2 amide bonds. The van der Waals surface area contributed by atoms with Crippen LogP contribution in [0, 0.1) is 31.1 Å². The van der Waals surface area contributed by atoms with Crippen molar-refractivity contribution in [2.24, 2.45) is 11.7 Å². The smallest absolute Gasteiger partial charge is 0.249 e. The van der Waals surface area contributed by atoms with Gasteiger partial charge in [0.2, 0.25) is 11.8 Å². The topological polar surface area (TPSA) is 100 Å². The van der Waals surface area contributed by atoms with Crippen molar-refractivity contribution < 1.29 is 9.59 Å². The van der Waals surface area contributed by atoms with Gasteiger partial charge in [-0.15, -0.1) is 0 Å². The lowest BCUT2D eigenvalue weighted by Gasteiger charge is -2.23. The summed E-state index contributed by atoms with van der Waals surface area (Å²) in [6.45, 7) is 3.73. The van der Waals surface area contributed by atoms with Gasteiger partial charge in [0.15, 0.2) is 0 Å². The van der Waals surface area contributed by atoms with Crippen molar-refractivity contribution >= 4 is 22.7 Å². The Balaban J connectivity index is 1.77. The second-order valence-corrected chi connectivity index (χ2v) is 7.36. The molecule has 1 aliphatic heterocycles. The van der Waals surface area contributed by atoms with Crippen LogP contribution in [0.5, 0.6) is 0 Å². The molecule has 0 unspecified atom stereocenters. The molecular weight excluding hydrogens is 328 g/mol. The van der Waals surface area contributed by atoms with Gasteiger partial charge in [0.05, 0.1) is 23.6 Å². The van der Waals surface area contributed by atoms with E-state index in [-0.39, 0.29) is 24.4 Å². The Morgan fingerprint density at radius 3 is 2.81 bits per heavy atom. The van der Waals surface area contributed by atoms with E-state index in [1.807, 2.05) is 25.1 Å². The third kappa shape index (κ3) is 2.51. The molecule has 2 heterocycles. The lowest BCUT2D eigenvalue weighted by molar-refractivity contribution is -0.131. The molecule has 3 atom stereocenters. The lowest BCUT2D eigenvalue weighted by atomic mass is 9.96. The van der Waals surface area contributed by atoms with Crippen LogP contribution in [-0.4, -0.2) is 33.8 Å². The molecule has 2 N–H and O–H groups in total. The summed E-state index contributed by atoms with van der Waals surface area (Å²) in [5.41, 5.74) is 8.92. The summed E-state index contributed by atoms with van der Waals surface area (Å²) < 4.78 is 0. The number of nitrogens with zero attached hydrogens (tertiary/aromatic N) is 3. The van der Waals surface area contributed by atoms with Crippen molar-refractivity contribution in [1.82, 2.24) is 9.88 Å². The second-order valence-electron chi connectivity index (χ2n) is 7.36. The average Bonchev–Trinajstić information content (AvgIpc) is 3.25. The molecule has 1 aliphatic carbocycles. The van der Waals surface area contributed by atoms with E-state index in [2.05, 4.69) is 11.1 Å². The first-order valence-electron chi connectivity index (χ1n) is 8.81. The highest BCUT2D eigenvalue weighted by Gasteiger charge is 2.54. The van der Waals surface area contributed by atoms with Crippen LogP contribution in [0.2, 0.25) is 0 Å². The SMILES string of the molecule is Cc1ccc2nc(C)c(CC(=O)N3[C@H](C#N)C[C@@H]4C[C@@H]43)c(C(N)=O)c2c1. The zero-order valence-electron chi connectivity index (χ0n) is 14.8. The molecule has 1 aromatic carbocycles. The fourth-order valence-corrected chi connectivity index (χ4v) is 4.21. The molecule has 6 heteroatoms. The number of hydrogen-bond donors (Lipinski definition) is 1. The van der Waals surface area contributed by atoms with Crippen LogP contribution in [0.25, 0.3) is 10.9 Å². The first-order chi connectivity index (χ1) is 12.4. The van der Waals surface area contributed by atoms with Crippen LogP contribution >= 0.6 is 0 Å². The number of carbonyl (C=O) groups excluding carboxylic acids is 2. The number of benzene rings is 1. The van der Waals surface area contributed by atoms with Crippen LogP contribution in [-0.2, 0) is 11.2 Å². The van der Waals surface area contributed by atoms with Gasteiger partial charge >= 0.3 is 0 Å². The number of hydrogen-bond acceptors (Lipinski definition) is 4. The molecule has 2 aliphatic rings. The van der Waals surface area contributed by atoms with Crippen molar-refractivity contribution in [3.05, 3.63) is 40.6 Å². The van der Waals surface area contributed by atoms with Crippen LogP contribution in [0.3, 0.4) is 0 Å². The molecule has 0 bridgehead atoms. The van der Waals surface area contributed by atoms with Gasteiger partial charge < -0.3 is 10.6 Å². The first kappa shape index (κ1) is 16.5. The number of piperidine rings is 1. The van der Waals surface area contributed by atoms with E-state index in [4.69, 9.17) is 5.73 Å². The summed E-state index contributed by atoms with van der Waals surface area (Å²) in [5, 5.41) is 10.0. The molecule has 2 aromatic rings. The molecule has 1 saturated carbocycles. The van der Waals surface area contributed by atoms with E-state index in [0.29, 0.717) is 33.6 Å². The van der Waals surface area contributed by atoms with Crippen LogP contribution in [0.1, 0.15) is 40.0 Å². The molecule has 6 nitrogen and oxygen atoms in total. The Kier molecular flexibility index (Phi) is 3.69. The Labute approximate surface area is 151 Å². The van der Waals surface area contributed by atoms with Gasteiger partial charge in [0, 0.05) is 17.1 Å². The Hall–Kier alpha value is -2.94. The average molecular weight is 348 g/mol. The molecular formula is C20H20N4O2. The standard InChI is InChI=1S/C20H20N4O2/c1-10-3-4-16-15(5-10)19(20(22)26)14(11(2)23-16)8-18(25)24-13(9-21)6-12-7-17(12)24/h3-5,12-13,17H,6-8H2,1-2H3,(H2,22,26)/t12-,13+,17+/m1/s1. The van der Waals surface area contributed by atoms with E-state index < -0.39 is 5.91 Å². The quantitative estimate of drug-likeness (QED) is 0.917. The van der Waals surface area contributed by atoms with Crippen LogP contribution in [0.15, 0.2) is 18.2 Å². The van der Waals surface area contributed by atoms with Gasteiger partial charge in [-0.25, -0.2) is 0 Å². The highest BCUT2D eigenvalue weighted by Crippen LogP contribution is 2.47. The molecule has 4 rings (SSSR count). The molecule has 1 aromatic heterocycles. The maximum absolute atomic E-state index is 12.9. The largest absolute Gasteiger partial charge is 0.366 e. The maximum atomic E-state index is 12.9. The Morgan fingerprint density at radius 1 is 1.35 bits per heavy atom. The highest BCUT2D eigenvalue weighted by molar-refractivity contribution is 6.08. The Bertz CT molecular complexity index is 991. The normalized spacial score (nSPS) is 23.6. The lowest BCUT2D eigenvalue weighted by Crippen LogP contribution is -2.39. The van der Waals surface area contributed by atoms with Gasteiger partial charge in [-0.05, 0) is 50.3 Å². The summed E-state index contributed by atoms with van der Waals surface area (Å²) in [5.74, 6) is -0.227. The zero-order chi connectivity index (χ0) is 18.6. The number of rotatable bonds is 3. The number of amides is 2. The number of nitriles is 1. The predicted molar refractivity (Wildman–Crippen MR) is 96.2 cm³/mol. The number of pyridine rings is 1. The third-order valence-electron chi connectivity index (χ3n) is 5.56. The first-order valence-corrected chi connectivity index (χ1v) is 8.81. The molecule has 1 saturated heterocycles. The zero-order valence-corrected chi connectivity index (χ0v) is 14.8. The Morgan fingerprint density at radius 2 is 2.12 bits per heavy atom.